The van der Waals surface area contributed by atoms with Crippen molar-refractivity contribution in [2.45, 2.75) is 12.1 Å². The zero-order chi connectivity index (χ0) is 18.7. The normalized spacial score (nSPS) is 23.0. The van der Waals surface area contributed by atoms with E-state index in [9.17, 15) is 9.59 Å². The average Bonchev–Trinajstić information content (AvgIpc) is 3.19. The molecule has 0 saturated carbocycles. The third kappa shape index (κ3) is 4.13. The smallest absolute Gasteiger partial charge is 0.312 e. The quantitative estimate of drug-likeness (QED) is 0.264. The van der Waals surface area contributed by atoms with Crippen LogP contribution in [0.5, 0.6) is 0 Å². The highest BCUT2D eigenvalue weighted by molar-refractivity contribution is 14.1. The Hall–Kier alpha value is -0.970. The molecule has 2 unspecified atom stereocenters. The van der Waals surface area contributed by atoms with E-state index in [0.717, 1.165) is 9.35 Å². The van der Waals surface area contributed by atoms with E-state index >= 15 is 0 Å². The molecule has 0 radical (unpaired) electrons. The molecule has 2 aromatic rings. The molecule has 1 N–H and O–H groups in total. The summed E-state index contributed by atoms with van der Waals surface area (Å²) in [6.45, 7) is 1.77. The van der Waals surface area contributed by atoms with E-state index in [0.29, 0.717) is 19.6 Å². The Morgan fingerprint density at radius 3 is 2.73 bits per heavy atom. The van der Waals surface area contributed by atoms with Crippen LogP contribution in [0.25, 0.3) is 0 Å². The van der Waals surface area contributed by atoms with E-state index in [1.807, 2.05) is 29.6 Å². The van der Waals surface area contributed by atoms with Gasteiger partial charge in [0.2, 0.25) is 0 Å². The molecule has 1 aliphatic heterocycles. The molecule has 1 aromatic heterocycles. The average molecular weight is 549 g/mol. The van der Waals surface area contributed by atoms with Crippen LogP contribution in [0.4, 0.5) is 4.79 Å². The number of likely N-dealkylation sites (tertiary alicyclic amines) is 1. The third-order valence-electron chi connectivity index (χ3n) is 4.57. The monoisotopic (exact) mass is 548 g/mol. The highest BCUT2D eigenvalue weighted by Crippen LogP contribution is 2.42. The Balaban J connectivity index is 1.98. The lowest BCUT2D eigenvalue weighted by Crippen LogP contribution is -2.52. The SMILES string of the molecule is COC(=O)C1CN(Cc2ccccc2)CC1(NC(=O)I)c1cc(Br)cs1. The summed E-state index contributed by atoms with van der Waals surface area (Å²) in [4.78, 5) is 27.7. The Kier molecular flexibility index (Phi) is 6.37. The van der Waals surface area contributed by atoms with Crippen LogP contribution in [0.2, 0.25) is 0 Å². The number of hydrogen-bond donors (Lipinski definition) is 1. The summed E-state index contributed by atoms with van der Waals surface area (Å²) in [6.07, 6.45) is 0. The van der Waals surface area contributed by atoms with Crippen LogP contribution in [0, 0.1) is 5.92 Å². The van der Waals surface area contributed by atoms with Gasteiger partial charge < -0.3 is 10.1 Å². The van der Waals surface area contributed by atoms with Gasteiger partial charge in [-0.05, 0) is 27.6 Å². The first-order chi connectivity index (χ1) is 12.4. The van der Waals surface area contributed by atoms with Gasteiger partial charge in [0.25, 0.3) is 3.91 Å². The second kappa shape index (κ2) is 8.37. The Bertz CT molecular complexity index is 801. The minimum absolute atomic E-state index is 0.192. The van der Waals surface area contributed by atoms with Crippen molar-refractivity contribution in [3.8, 4) is 0 Å². The number of nitrogens with zero attached hydrogens (tertiary/aromatic N) is 1. The summed E-state index contributed by atoms with van der Waals surface area (Å²) in [5, 5.41) is 5.02. The molecule has 3 rings (SSSR count). The molecule has 5 nitrogen and oxygen atoms in total. The highest BCUT2D eigenvalue weighted by Gasteiger charge is 2.53. The van der Waals surface area contributed by atoms with Gasteiger partial charge in [-0.3, -0.25) is 14.5 Å². The molecular formula is C18H18BrIN2O3S. The molecule has 1 fully saturated rings. The fourth-order valence-corrected chi connectivity index (χ4v) is 5.59. The minimum atomic E-state index is -0.795. The zero-order valence-corrected chi connectivity index (χ0v) is 18.6. The van der Waals surface area contributed by atoms with Crippen molar-refractivity contribution in [3.05, 3.63) is 56.7 Å². The standard InChI is InChI=1S/C18H18BrIN2O3S/c1-25-16(23)14-9-22(8-12-5-3-2-4-6-12)11-18(14,21-17(20)24)15-7-13(19)10-26-15/h2-7,10,14H,8-9,11H2,1H3,(H,21,24). The number of nitrogens with one attached hydrogen (secondary N) is 1. The molecule has 1 aromatic carbocycles. The van der Waals surface area contributed by atoms with Crippen LogP contribution in [-0.2, 0) is 21.6 Å². The number of rotatable bonds is 5. The summed E-state index contributed by atoms with van der Waals surface area (Å²) >= 11 is 6.73. The van der Waals surface area contributed by atoms with Gasteiger partial charge >= 0.3 is 5.97 Å². The Labute approximate surface area is 178 Å². The lowest BCUT2D eigenvalue weighted by Gasteiger charge is -2.33. The molecule has 2 atom stereocenters. The second-order valence-electron chi connectivity index (χ2n) is 6.23. The van der Waals surface area contributed by atoms with E-state index in [1.165, 1.54) is 24.0 Å². The van der Waals surface area contributed by atoms with Crippen molar-refractivity contribution in [2.24, 2.45) is 5.92 Å². The number of hydrogen-bond acceptors (Lipinski definition) is 5. The van der Waals surface area contributed by atoms with Crippen LogP contribution < -0.4 is 5.32 Å². The molecule has 1 amide bonds. The second-order valence-corrected chi connectivity index (χ2v) is 9.04. The fourth-order valence-electron chi connectivity index (χ4n) is 3.48. The molecule has 26 heavy (non-hydrogen) atoms. The highest BCUT2D eigenvalue weighted by atomic mass is 127. The number of methoxy groups -OCH3 is 1. The van der Waals surface area contributed by atoms with E-state index in [4.69, 9.17) is 4.74 Å². The molecule has 1 aliphatic rings. The van der Waals surface area contributed by atoms with E-state index in [-0.39, 0.29) is 9.88 Å². The molecule has 2 heterocycles. The third-order valence-corrected chi connectivity index (χ3v) is 6.71. The molecule has 0 spiro atoms. The summed E-state index contributed by atoms with van der Waals surface area (Å²) in [6, 6.07) is 12.1. The number of amides is 1. The predicted molar refractivity (Wildman–Crippen MR) is 113 cm³/mol. The van der Waals surface area contributed by atoms with Gasteiger partial charge in [0.15, 0.2) is 0 Å². The maximum Gasteiger partial charge on any atom is 0.312 e. The molecule has 0 aliphatic carbocycles. The maximum absolute atomic E-state index is 12.6. The number of ether oxygens (including phenoxy) is 1. The van der Waals surface area contributed by atoms with Crippen molar-refractivity contribution in [2.75, 3.05) is 20.2 Å². The fraction of sp³-hybridized carbons (Fsp3) is 0.333. The lowest BCUT2D eigenvalue weighted by atomic mass is 9.85. The van der Waals surface area contributed by atoms with Crippen LogP contribution in [0.1, 0.15) is 10.4 Å². The summed E-state index contributed by atoms with van der Waals surface area (Å²) in [7, 11) is 1.39. The van der Waals surface area contributed by atoms with Crippen molar-refractivity contribution >= 4 is 59.7 Å². The van der Waals surface area contributed by atoms with Crippen molar-refractivity contribution in [1.29, 1.82) is 0 Å². The molecule has 0 bridgehead atoms. The summed E-state index contributed by atoms with van der Waals surface area (Å²) in [5.41, 5.74) is 0.372. The number of halogens is 2. The maximum atomic E-state index is 12.6. The number of thiophene rings is 1. The number of esters is 1. The van der Waals surface area contributed by atoms with Crippen LogP contribution in [0.15, 0.2) is 46.3 Å². The largest absolute Gasteiger partial charge is 0.469 e. The zero-order valence-electron chi connectivity index (χ0n) is 14.1. The van der Waals surface area contributed by atoms with Gasteiger partial charge in [0.1, 0.15) is 5.54 Å². The van der Waals surface area contributed by atoms with Crippen molar-refractivity contribution in [3.63, 3.8) is 0 Å². The van der Waals surface area contributed by atoms with Crippen LogP contribution >= 0.6 is 49.9 Å². The molecule has 1 saturated heterocycles. The first kappa shape index (κ1) is 19.8. The predicted octanol–water partition coefficient (Wildman–Crippen LogP) is 4.16. The van der Waals surface area contributed by atoms with E-state index in [2.05, 4.69) is 38.3 Å². The first-order valence-corrected chi connectivity index (χ1v) is 10.8. The van der Waals surface area contributed by atoms with E-state index < -0.39 is 11.5 Å². The van der Waals surface area contributed by atoms with E-state index in [1.54, 1.807) is 22.6 Å². The number of carbonyl (C=O) groups excluding carboxylic acids is 2. The van der Waals surface area contributed by atoms with Gasteiger partial charge in [0.05, 0.1) is 13.0 Å². The first-order valence-electron chi connectivity index (χ1n) is 8.01. The van der Waals surface area contributed by atoms with Crippen LogP contribution in [-0.4, -0.2) is 35.0 Å². The summed E-state index contributed by atoms with van der Waals surface area (Å²) in [5.74, 6) is -0.782. The van der Waals surface area contributed by atoms with Gasteiger partial charge in [-0.2, -0.15) is 0 Å². The lowest BCUT2D eigenvalue weighted by molar-refractivity contribution is -0.147. The Morgan fingerprint density at radius 2 is 2.15 bits per heavy atom. The van der Waals surface area contributed by atoms with Crippen molar-refractivity contribution in [1.82, 2.24) is 10.2 Å². The van der Waals surface area contributed by atoms with Gasteiger partial charge in [0, 0.05) is 57.0 Å². The van der Waals surface area contributed by atoms with Crippen molar-refractivity contribution < 1.29 is 14.3 Å². The molecule has 8 heteroatoms. The van der Waals surface area contributed by atoms with Gasteiger partial charge in [-0.1, -0.05) is 30.3 Å². The number of carbonyl (C=O) groups is 2. The van der Waals surface area contributed by atoms with Gasteiger partial charge in [-0.25, -0.2) is 0 Å². The topological polar surface area (TPSA) is 58.6 Å². The molecule has 138 valence electrons. The minimum Gasteiger partial charge on any atom is -0.469 e. The van der Waals surface area contributed by atoms with Gasteiger partial charge in [-0.15, -0.1) is 11.3 Å². The van der Waals surface area contributed by atoms with Crippen LogP contribution in [0.3, 0.4) is 0 Å². The summed E-state index contributed by atoms with van der Waals surface area (Å²) < 4.78 is 5.81. The Morgan fingerprint density at radius 1 is 1.42 bits per heavy atom. The number of benzene rings is 1. The molecular weight excluding hydrogens is 531 g/mol.